The number of nitrogens with two attached hydrogens (primary N) is 1. The molecule has 1 aliphatic heterocycles. The van der Waals surface area contributed by atoms with E-state index in [2.05, 4.69) is 83.2 Å². The number of rotatable bonds is 4. The topological polar surface area (TPSA) is 78.9 Å². The number of hydrogen-bond acceptors (Lipinski definition) is 5. The number of hydrogen-bond donors (Lipinski definition) is 1. The Morgan fingerprint density at radius 2 is 1.73 bits per heavy atom. The summed E-state index contributed by atoms with van der Waals surface area (Å²) in [4.78, 5) is 5.03. The highest BCUT2D eigenvalue weighted by Gasteiger charge is 2.34. The Hall–Kier alpha value is -3.51. The van der Waals surface area contributed by atoms with Gasteiger partial charge in [-0.15, -0.1) is 10.2 Å². The van der Waals surface area contributed by atoms with E-state index in [0.29, 0.717) is 12.5 Å². The summed E-state index contributed by atoms with van der Waals surface area (Å²) in [5.74, 6) is 2.57. The first kappa shape index (κ1) is 20.1. The molecule has 1 saturated carbocycles. The molecule has 0 amide bonds. The molecule has 6 heteroatoms. The molecule has 6 rings (SSSR count). The third kappa shape index (κ3) is 3.25. The lowest BCUT2D eigenvalue weighted by Gasteiger charge is -2.38. The maximum Gasteiger partial charge on any atom is 0.239 e. The predicted molar refractivity (Wildman–Crippen MR) is 128 cm³/mol. The number of pyridine rings is 1. The lowest BCUT2D eigenvalue weighted by molar-refractivity contribution is 0.253. The summed E-state index contributed by atoms with van der Waals surface area (Å²) in [6.07, 6.45) is 3.29. The molecule has 1 fully saturated rings. The summed E-state index contributed by atoms with van der Waals surface area (Å²) in [5, 5.41) is 8.77. The Balaban J connectivity index is 1.53. The summed E-state index contributed by atoms with van der Waals surface area (Å²) in [6.45, 7) is 4.61. The zero-order valence-electron chi connectivity index (χ0n) is 19.0. The summed E-state index contributed by atoms with van der Waals surface area (Å²) >= 11 is 0. The van der Waals surface area contributed by atoms with Crippen LogP contribution in [0.5, 0.6) is 5.88 Å². The number of aromatic nitrogens is 4. The van der Waals surface area contributed by atoms with Crippen molar-refractivity contribution < 1.29 is 4.74 Å². The van der Waals surface area contributed by atoms with E-state index < -0.39 is 0 Å². The van der Waals surface area contributed by atoms with E-state index in [1.165, 1.54) is 12.0 Å². The highest BCUT2D eigenvalue weighted by Crippen LogP contribution is 2.42. The van der Waals surface area contributed by atoms with Crippen LogP contribution in [0.25, 0.3) is 28.1 Å². The van der Waals surface area contributed by atoms with E-state index in [1.807, 2.05) is 6.07 Å². The molecule has 0 bridgehead atoms. The van der Waals surface area contributed by atoms with Gasteiger partial charge in [0.15, 0.2) is 12.4 Å². The van der Waals surface area contributed by atoms with Crippen molar-refractivity contribution in [2.24, 2.45) is 5.73 Å². The van der Waals surface area contributed by atoms with Crippen molar-refractivity contribution in [1.29, 1.82) is 0 Å². The molecule has 2 aliphatic rings. The minimum Gasteiger partial charge on any atom is -0.468 e. The zero-order valence-corrected chi connectivity index (χ0v) is 19.0. The number of benzene rings is 2. The lowest BCUT2D eigenvalue weighted by atomic mass is 9.72. The Morgan fingerprint density at radius 1 is 0.970 bits per heavy atom. The second kappa shape index (κ2) is 7.52. The molecule has 0 atom stereocenters. The molecule has 166 valence electrons. The molecule has 0 radical (unpaired) electrons. The molecule has 2 aromatic heterocycles. The number of nitrogens with zero attached hydrogens (tertiary/aromatic N) is 4. The van der Waals surface area contributed by atoms with Crippen molar-refractivity contribution in [1.82, 2.24) is 19.7 Å². The Bertz CT molecular complexity index is 1320. The highest BCUT2D eigenvalue weighted by molar-refractivity contribution is 5.83. The van der Waals surface area contributed by atoms with Crippen LogP contribution in [0.15, 0.2) is 60.7 Å². The molecule has 1 aliphatic carbocycles. The zero-order chi connectivity index (χ0) is 22.6. The SMILES string of the molecule is CC(C)c1nnc2n1-c1cc(-c3ccccc3)c(-c3ccc(C4(N)CCC4)cc3)nc1OC2. The first-order valence-electron chi connectivity index (χ1n) is 11.6. The van der Waals surface area contributed by atoms with Gasteiger partial charge in [0.05, 0.1) is 5.69 Å². The minimum atomic E-state index is -0.175. The van der Waals surface area contributed by atoms with Gasteiger partial charge in [0.2, 0.25) is 5.88 Å². The Kier molecular flexibility index (Phi) is 4.59. The number of ether oxygens (including phenoxy) is 1. The second-order valence-corrected chi connectivity index (χ2v) is 9.42. The fourth-order valence-electron chi connectivity index (χ4n) is 4.81. The van der Waals surface area contributed by atoms with Crippen LogP contribution in [0.3, 0.4) is 0 Å². The monoisotopic (exact) mass is 437 g/mol. The fourth-order valence-corrected chi connectivity index (χ4v) is 4.81. The summed E-state index contributed by atoms with van der Waals surface area (Å²) in [6, 6.07) is 21.1. The highest BCUT2D eigenvalue weighted by atomic mass is 16.5. The van der Waals surface area contributed by atoms with Gasteiger partial charge in [-0.1, -0.05) is 68.4 Å². The van der Waals surface area contributed by atoms with Gasteiger partial charge < -0.3 is 10.5 Å². The summed E-state index contributed by atoms with van der Waals surface area (Å²) in [5.41, 5.74) is 12.6. The first-order chi connectivity index (χ1) is 16.0. The van der Waals surface area contributed by atoms with E-state index in [9.17, 15) is 0 Å². The van der Waals surface area contributed by atoms with Crippen LogP contribution in [0, 0.1) is 0 Å². The van der Waals surface area contributed by atoms with Gasteiger partial charge in [-0.05, 0) is 36.5 Å². The summed E-state index contributed by atoms with van der Waals surface area (Å²) < 4.78 is 8.15. The second-order valence-electron chi connectivity index (χ2n) is 9.42. The molecule has 0 spiro atoms. The van der Waals surface area contributed by atoms with Crippen molar-refractivity contribution in [3.63, 3.8) is 0 Å². The molecule has 2 aromatic carbocycles. The van der Waals surface area contributed by atoms with Crippen LogP contribution in [0.1, 0.15) is 56.2 Å². The van der Waals surface area contributed by atoms with E-state index in [-0.39, 0.29) is 11.5 Å². The summed E-state index contributed by atoms with van der Waals surface area (Å²) in [7, 11) is 0. The van der Waals surface area contributed by atoms with Gasteiger partial charge >= 0.3 is 0 Å². The molecule has 4 aromatic rings. The van der Waals surface area contributed by atoms with Crippen LogP contribution >= 0.6 is 0 Å². The number of fused-ring (bicyclic) bond motifs is 3. The third-order valence-corrected chi connectivity index (χ3v) is 6.88. The maximum atomic E-state index is 6.55. The van der Waals surface area contributed by atoms with Gasteiger partial charge in [0.25, 0.3) is 0 Å². The van der Waals surface area contributed by atoms with E-state index >= 15 is 0 Å². The van der Waals surface area contributed by atoms with Gasteiger partial charge in [-0.3, -0.25) is 4.57 Å². The van der Waals surface area contributed by atoms with Gasteiger partial charge in [-0.2, -0.15) is 0 Å². The normalized spacial score (nSPS) is 16.0. The average molecular weight is 438 g/mol. The predicted octanol–water partition coefficient (Wildman–Crippen LogP) is 5.35. The van der Waals surface area contributed by atoms with E-state index in [4.69, 9.17) is 15.5 Å². The van der Waals surface area contributed by atoms with Crippen LogP contribution < -0.4 is 10.5 Å². The molecular formula is C27H27N5O. The van der Waals surface area contributed by atoms with Crippen molar-refractivity contribution in [3.05, 3.63) is 77.9 Å². The van der Waals surface area contributed by atoms with E-state index in [1.54, 1.807) is 0 Å². The largest absolute Gasteiger partial charge is 0.468 e. The quantitative estimate of drug-likeness (QED) is 0.466. The third-order valence-electron chi connectivity index (χ3n) is 6.88. The Morgan fingerprint density at radius 3 is 2.39 bits per heavy atom. The van der Waals surface area contributed by atoms with E-state index in [0.717, 1.165) is 52.6 Å². The fraction of sp³-hybridized carbons (Fsp3) is 0.296. The van der Waals surface area contributed by atoms with Crippen LogP contribution in [0.2, 0.25) is 0 Å². The van der Waals surface area contributed by atoms with Crippen molar-refractivity contribution in [3.8, 4) is 34.0 Å². The standard InChI is InChI=1S/C27H27N5O/c1-17(2)25-31-30-23-16-33-26-22(32(23)25)15-21(18-7-4-3-5-8-18)24(29-26)19-9-11-20(12-10-19)27(28)13-6-14-27/h3-5,7-12,15,17H,6,13-14,16,28H2,1-2H3. The molecule has 33 heavy (non-hydrogen) atoms. The molecular weight excluding hydrogens is 410 g/mol. The maximum absolute atomic E-state index is 6.55. The van der Waals surface area contributed by atoms with Crippen molar-refractivity contribution in [2.45, 2.75) is 51.2 Å². The minimum absolute atomic E-state index is 0.175. The molecule has 0 saturated heterocycles. The van der Waals surface area contributed by atoms with Gasteiger partial charge in [0.1, 0.15) is 11.5 Å². The Labute approximate surface area is 193 Å². The van der Waals surface area contributed by atoms with Crippen molar-refractivity contribution >= 4 is 0 Å². The average Bonchev–Trinajstić information content (AvgIpc) is 3.27. The van der Waals surface area contributed by atoms with Crippen LogP contribution in [-0.2, 0) is 12.1 Å². The van der Waals surface area contributed by atoms with Gasteiger partial charge in [0, 0.05) is 22.6 Å². The smallest absolute Gasteiger partial charge is 0.239 e. The lowest BCUT2D eigenvalue weighted by Crippen LogP contribution is -2.43. The molecule has 2 N–H and O–H groups in total. The molecule has 6 nitrogen and oxygen atoms in total. The van der Waals surface area contributed by atoms with Gasteiger partial charge in [-0.25, -0.2) is 4.98 Å². The van der Waals surface area contributed by atoms with Crippen molar-refractivity contribution in [2.75, 3.05) is 0 Å². The van der Waals surface area contributed by atoms with Crippen LogP contribution in [0.4, 0.5) is 0 Å². The molecule has 0 unspecified atom stereocenters. The molecule has 3 heterocycles. The van der Waals surface area contributed by atoms with Crippen LogP contribution in [-0.4, -0.2) is 19.7 Å². The first-order valence-corrected chi connectivity index (χ1v) is 11.6.